The Labute approximate surface area is 230 Å². The number of carbonyl (C=O) groups excluding carboxylic acids is 2. The second kappa shape index (κ2) is 10.8. The zero-order valence-corrected chi connectivity index (χ0v) is 22.2. The van der Waals surface area contributed by atoms with Crippen LogP contribution in [-0.4, -0.2) is 99.0 Å². The van der Waals surface area contributed by atoms with Crippen molar-refractivity contribution in [2.45, 2.75) is 6.92 Å². The average molecular weight is 540 g/mol. The maximum atomic E-state index is 13.3. The molecule has 1 aromatic carbocycles. The van der Waals surface area contributed by atoms with E-state index in [2.05, 4.69) is 14.9 Å². The zero-order valence-electron chi connectivity index (χ0n) is 22.2. The lowest BCUT2D eigenvalue weighted by atomic mass is 10.0. The van der Waals surface area contributed by atoms with Crippen LogP contribution in [0.5, 0.6) is 0 Å². The molecule has 2 fully saturated rings. The Balaban J connectivity index is 1.35. The third-order valence-electron chi connectivity index (χ3n) is 7.21. The van der Waals surface area contributed by atoms with E-state index < -0.39 is 0 Å². The number of nitrogens with zero attached hydrogens (tertiary/aromatic N) is 8. The van der Waals surface area contributed by atoms with E-state index in [4.69, 9.17) is 25.4 Å². The van der Waals surface area contributed by atoms with Gasteiger partial charge in [-0.2, -0.15) is 0 Å². The van der Waals surface area contributed by atoms with Crippen molar-refractivity contribution < 1.29 is 14.3 Å². The molecule has 0 aliphatic carbocycles. The van der Waals surface area contributed by atoms with Gasteiger partial charge in [-0.3, -0.25) is 14.6 Å². The molecule has 2 aliphatic rings. The molecule has 2 saturated heterocycles. The fourth-order valence-corrected chi connectivity index (χ4v) is 4.98. The van der Waals surface area contributed by atoms with Gasteiger partial charge in [0.15, 0.2) is 11.6 Å². The van der Waals surface area contributed by atoms with Crippen LogP contribution in [0.1, 0.15) is 17.3 Å². The summed E-state index contributed by atoms with van der Waals surface area (Å²) in [6.45, 7) is 6.26. The number of aromatic nitrogens is 5. The van der Waals surface area contributed by atoms with Gasteiger partial charge in [0.05, 0.1) is 24.3 Å². The standard InChI is InChI=1S/C28H29N9O3/c1-18(38)35-5-7-37(8-6-35)27(39)20-4-2-3-19(13-20)21-14-23-24(30-15-21)26(36-9-11-40-12-10-36)34-25(33-23)22-16-31-28(29)32-17-22/h2-4,13-17H,5-12H2,1H3,(H2,29,31,32). The number of pyridine rings is 1. The number of anilines is 2. The molecular formula is C28H29N9O3. The molecule has 6 rings (SSSR count). The second-order valence-corrected chi connectivity index (χ2v) is 9.77. The first-order valence-electron chi connectivity index (χ1n) is 13.2. The van der Waals surface area contributed by atoms with Crippen LogP contribution in [0.25, 0.3) is 33.5 Å². The predicted octanol–water partition coefficient (Wildman–Crippen LogP) is 1.87. The molecule has 4 aromatic rings. The lowest BCUT2D eigenvalue weighted by Gasteiger charge is -2.34. The highest BCUT2D eigenvalue weighted by Gasteiger charge is 2.24. The minimum Gasteiger partial charge on any atom is -0.378 e. The monoisotopic (exact) mass is 539 g/mol. The number of hydrogen-bond acceptors (Lipinski definition) is 10. The van der Waals surface area contributed by atoms with Crippen molar-refractivity contribution in [3.05, 3.63) is 54.5 Å². The summed E-state index contributed by atoms with van der Waals surface area (Å²) in [5.74, 6) is 1.35. The molecule has 0 bridgehead atoms. The summed E-state index contributed by atoms with van der Waals surface area (Å²) in [5.41, 5.74) is 9.95. The Morgan fingerprint density at radius 3 is 2.25 bits per heavy atom. The quantitative estimate of drug-likeness (QED) is 0.408. The van der Waals surface area contributed by atoms with Crippen LogP contribution in [-0.2, 0) is 9.53 Å². The third-order valence-corrected chi connectivity index (χ3v) is 7.21. The normalized spacial score (nSPS) is 15.9. The molecule has 2 N–H and O–H groups in total. The first kappa shape index (κ1) is 25.6. The van der Waals surface area contributed by atoms with E-state index in [0.717, 1.165) is 16.9 Å². The van der Waals surface area contributed by atoms with Crippen molar-refractivity contribution in [1.29, 1.82) is 0 Å². The first-order chi connectivity index (χ1) is 19.5. The molecule has 0 spiro atoms. The maximum absolute atomic E-state index is 13.3. The van der Waals surface area contributed by atoms with Crippen LogP contribution in [0, 0.1) is 0 Å². The molecule has 2 amide bonds. The highest BCUT2D eigenvalue weighted by atomic mass is 16.5. The second-order valence-electron chi connectivity index (χ2n) is 9.77. The molecule has 204 valence electrons. The maximum Gasteiger partial charge on any atom is 0.253 e. The number of ether oxygens (including phenoxy) is 1. The van der Waals surface area contributed by atoms with Crippen LogP contribution in [0.4, 0.5) is 11.8 Å². The summed E-state index contributed by atoms with van der Waals surface area (Å²) in [4.78, 5) is 53.2. The summed E-state index contributed by atoms with van der Waals surface area (Å²) < 4.78 is 5.54. The van der Waals surface area contributed by atoms with Crippen LogP contribution in [0.3, 0.4) is 0 Å². The number of amides is 2. The molecule has 0 saturated carbocycles. The van der Waals surface area contributed by atoms with E-state index in [9.17, 15) is 9.59 Å². The lowest BCUT2D eigenvalue weighted by Crippen LogP contribution is -2.50. The fraction of sp³-hybridized carbons (Fsp3) is 0.321. The average Bonchev–Trinajstić information content (AvgIpc) is 3.00. The van der Waals surface area contributed by atoms with Gasteiger partial charge in [0.25, 0.3) is 5.91 Å². The minimum atomic E-state index is -0.0543. The van der Waals surface area contributed by atoms with Gasteiger partial charge in [-0.25, -0.2) is 19.9 Å². The van der Waals surface area contributed by atoms with Crippen molar-refractivity contribution in [3.8, 4) is 22.5 Å². The summed E-state index contributed by atoms with van der Waals surface area (Å²) in [7, 11) is 0. The van der Waals surface area contributed by atoms with Gasteiger partial charge in [0, 0.05) is 75.9 Å². The summed E-state index contributed by atoms with van der Waals surface area (Å²) in [5, 5.41) is 0. The van der Waals surface area contributed by atoms with Crippen LogP contribution in [0.2, 0.25) is 0 Å². The number of nitrogen functional groups attached to an aromatic ring is 1. The van der Waals surface area contributed by atoms with Crippen molar-refractivity contribution in [3.63, 3.8) is 0 Å². The first-order valence-corrected chi connectivity index (χ1v) is 13.2. The Morgan fingerprint density at radius 1 is 0.825 bits per heavy atom. The largest absolute Gasteiger partial charge is 0.378 e. The number of hydrogen-bond donors (Lipinski definition) is 1. The Hall–Kier alpha value is -4.71. The Kier molecular flexibility index (Phi) is 6.91. The molecule has 5 heterocycles. The molecule has 0 unspecified atom stereocenters. The van der Waals surface area contributed by atoms with E-state index in [1.165, 1.54) is 0 Å². The van der Waals surface area contributed by atoms with Gasteiger partial charge in [0.2, 0.25) is 11.9 Å². The van der Waals surface area contributed by atoms with Crippen molar-refractivity contribution >= 4 is 34.6 Å². The molecule has 0 radical (unpaired) electrons. The van der Waals surface area contributed by atoms with Crippen molar-refractivity contribution in [2.75, 3.05) is 63.1 Å². The lowest BCUT2D eigenvalue weighted by molar-refractivity contribution is -0.130. The number of rotatable bonds is 4. The van der Waals surface area contributed by atoms with Gasteiger partial charge in [-0.05, 0) is 23.8 Å². The number of fused-ring (bicyclic) bond motifs is 1. The smallest absolute Gasteiger partial charge is 0.253 e. The van der Waals surface area contributed by atoms with E-state index in [1.54, 1.807) is 35.3 Å². The van der Waals surface area contributed by atoms with E-state index in [1.807, 2.05) is 30.3 Å². The minimum absolute atomic E-state index is 0.0329. The summed E-state index contributed by atoms with van der Waals surface area (Å²) in [6.07, 6.45) is 5.00. The number of carbonyl (C=O) groups is 2. The molecule has 3 aromatic heterocycles. The summed E-state index contributed by atoms with van der Waals surface area (Å²) in [6, 6.07) is 9.47. The SMILES string of the molecule is CC(=O)N1CCN(C(=O)c2cccc(-c3cnc4c(N5CCOCC5)nc(-c5cnc(N)nc5)nc4c3)c2)CC1. The zero-order chi connectivity index (χ0) is 27.6. The number of morpholine rings is 1. The van der Waals surface area contributed by atoms with Crippen LogP contribution >= 0.6 is 0 Å². The van der Waals surface area contributed by atoms with Crippen molar-refractivity contribution in [2.24, 2.45) is 0 Å². The Morgan fingerprint density at radius 2 is 1.52 bits per heavy atom. The molecule has 12 nitrogen and oxygen atoms in total. The number of benzene rings is 1. The topological polar surface area (TPSA) is 144 Å². The van der Waals surface area contributed by atoms with E-state index >= 15 is 0 Å². The van der Waals surface area contributed by atoms with Crippen molar-refractivity contribution in [1.82, 2.24) is 34.7 Å². The van der Waals surface area contributed by atoms with Gasteiger partial charge in [-0.1, -0.05) is 12.1 Å². The predicted molar refractivity (Wildman–Crippen MR) is 149 cm³/mol. The van der Waals surface area contributed by atoms with Crippen LogP contribution < -0.4 is 10.6 Å². The van der Waals surface area contributed by atoms with Gasteiger partial charge in [0.1, 0.15) is 5.52 Å². The molecule has 12 heteroatoms. The summed E-state index contributed by atoms with van der Waals surface area (Å²) >= 11 is 0. The highest BCUT2D eigenvalue weighted by Crippen LogP contribution is 2.30. The van der Waals surface area contributed by atoms with E-state index in [-0.39, 0.29) is 17.8 Å². The highest BCUT2D eigenvalue weighted by molar-refractivity contribution is 5.96. The fourth-order valence-electron chi connectivity index (χ4n) is 4.98. The molecular weight excluding hydrogens is 510 g/mol. The Bertz CT molecular complexity index is 1560. The third kappa shape index (κ3) is 5.13. The number of piperazine rings is 1. The molecule has 0 atom stereocenters. The van der Waals surface area contributed by atoms with Gasteiger partial charge in [-0.15, -0.1) is 0 Å². The van der Waals surface area contributed by atoms with E-state index in [0.29, 0.717) is 80.5 Å². The van der Waals surface area contributed by atoms with Crippen LogP contribution in [0.15, 0.2) is 48.9 Å². The van der Waals surface area contributed by atoms with Gasteiger partial charge >= 0.3 is 0 Å². The molecule has 2 aliphatic heterocycles. The molecule has 40 heavy (non-hydrogen) atoms. The number of nitrogens with two attached hydrogens (primary N) is 1. The van der Waals surface area contributed by atoms with Gasteiger partial charge < -0.3 is 25.2 Å².